The zero-order valence-electron chi connectivity index (χ0n) is 19.3. The maximum atomic E-state index is 13.9. The van der Waals surface area contributed by atoms with Crippen molar-refractivity contribution in [2.75, 3.05) is 0 Å². The normalized spacial score (nSPS) is 12.3. The lowest BCUT2D eigenvalue weighted by atomic mass is 10.0. The summed E-state index contributed by atoms with van der Waals surface area (Å²) >= 11 is 0. The van der Waals surface area contributed by atoms with Crippen molar-refractivity contribution in [1.82, 2.24) is 29.7 Å². The van der Waals surface area contributed by atoms with E-state index in [0.717, 1.165) is 0 Å². The first-order valence-electron chi connectivity index (χ1n) is 11.0. The Bertz CT molecular complexity index is 1590. The maximum absolute atomic E-state index is 13.9. The topological polar surface area (TPSA) is 69.4 Å². The third kappa shape index (κ3) is 4.91. The molecule has 6 nitrogen and oxygen atoms in total. The molecule has 2 aliphatic rings. The first-order chi connectivity index (χ1) is 17.9. The molecule has 0 aliphatic carbocycles. The summed E-state index contributed by atoms with van der Waals surface area (Å²) in [6, 6.07) is 5.90. The van der Waals surface area contributed by atoms with Crippen LogP contribution in [0.3, 0.4) is 0 Å². The van der Waals surface area contributed by atoms with Crippen LogP contribution in [0.2, 0.25) is 0 Å². The third-order valence-electron chi connectivity index (χ3n) is 5.77. The zero-order chi connectivity index (χ0) is 27.2. The van der Waals surface area contributed by atoms with Gasteiger partial charge in [-0.3, -0.25) is 4.68 Å². The van der Waals surface area contributed by atoms with Gasteiger partial charge in [-0.15, -0.1) is 0 Å². The molecule has 0 spiro atoms. The van der Waals surface area contributed by atoms with E-state index in [0.29, 0.717) is 46.0 Å². The van der Waals surface area contributed by atoms with E-state index in [1.165, 1.54) is 29.3 Å². The number of fused-ring (bicyclic) bond motifs is 1. The molecule has 0 N–H and O–H groups in total. The SMILES string of the molecule is Cc1c(F)cccc1-c1nc2cnn(Cc3cnc(-c4ccc(C(F)(F)F)cc4C(F)(F)F)nc3)cc-2n1. The molecule has 38 heavy (non-hydrogen) atoms. The van der Waals surface area contributed by atoms with Gasteiger partial charge in [-0.1, -0.05) is 12.1 Å². The van der Waals surface area contributed by atoms with Gasteiger partial charge in [0.05, 0.1) is 30.1 Å². The van der Waals surface area contributed by atoms with Gasteiger partial charge in [-0.25, -0.2) is 24.3 Å². The molecular weight excluding hydrogens is 517 g/mol. The van der Waals surface area contributed by atoms with Crippen molar-refractivity contribution < 1.29 is 30.7 Å². The molecule has 3 aromatic rings. The van der Waals surface area contributed by atoms with Crippen molar-refractivity contribution in [1.29, 1.82) is 0 Å². The van der Waals surface area contributed by atoms with Crippen LogP contribution in [0.4, 0.5) is 30.7 Å². The van der Waals surface area contributed by atoms with E-state index >= 15 is 0 Å². The molecule has 0 bridgehead atoms. The van der Waals surface area contributed by atoms with E-state index in [4.69, 9.17) is 0 Å². The maximum Gasteiger partial charge on any atom is 0.417 e. The highest BCUT2D eigenvalue weighted by Gasteiger charge is 2.38. The Kier molecular flexibility index (Phi) is 6.08. The number of rotatable bonds is 4. The molecule has 0 atom stereocenters. The van der Waals surface area contributed by atoms with Gasteiger partial charge >= 0.3 is 12.4 Å². The Morgan fingerprint density at radius 3 is 2.18 bits per heavy atom. The van der Waals surface area contributed by atoms with Gasteiger partial charge in [-0.05, 0) is 36.8 Å². The average Bonchev–Trinajstić information content (AvgIpc) is 3.28. The molecule has 3 heterocycles. The van der Waals surface area contributed by atoms with Gasteiger partial charge in [0, 0.05) is 29.1 Å². The predicted molar refractivity (Wildman–Crippen MR) is 121 cm³/mol. The fourth-order valence-electron chi connectivity index (χ4n) is 3.83. The molecule has 2 aliphatic heterocycles. The monoisotopic (exact) mass is 532 g/mol. The highest BCUT2D eigenvalue weighted by Crippen LogP contribution is 2.40. The Morgan fingerprint density at radius 1 is 0.789 bits per heavy atom. The Hall–Kier alpha value is -4.42. The van der Waals surface area contributed by atoms with Crippen LogP contribution in [-0.4, -0.2) is 29.7 Å². The van der Waals surface area contributed by atoms with E-state index in [1.54, 1.807) is 25.3 Å². The van der Waals surface area contributed by atoms with Gasteiger partial charge in [0.15, 0.2) is 11.6 Å². The molecule has 0 saturated carbocycles. The summed E-state index contributed by atoms with van der Waals surface area (Å²) in [5.41, 5.74) is -1.11. The molecule has 0 fully saturated rings. The number of hydrogen-bond donors (Lipinski definition) is 0. The van der Waals surface area contributed by atoms with Crippen LogP contribution in [0.1, 0.15) is 22.3 Å². The number of aromatic nitrogens is 6. The molecule has 1 aromatic heterocycles. The number of halogens is 7. The van der Waals surface area contributed by atoms with Gasteiger partial charge in [-0.2, -0.15) is 31.4 Å². The third-order valence-corrected chi connectivity index (χ3v) is 5.77. The van der Waals surface area contributed by atoms with Gasteiger partial charge < -0.3 is 0 Å². The van der Waals surface area contributed by atoms with Crippen molar-refractivity contribution in [3.8, 4) is 34.2 Å². The molecule has 0 amide bonds. The van der Waals surface area contributed by atoms with Gasteiger partial charge in [0.25, 0.3) is 0 Å². The number of alkyl halides is 6. The second-order valence-corrected chi connectivity index (χ2v) is 8.37. The lowest BCUT2D eigenvalue weighted by molar-refractivity contribution is -0.142. The second kappa shape index (κ2) is 9.15. The summed E-state index contributed by atoms with van der Waals surface area (Å²) in [5.74, 6) is -0.423. The summed E-state index contributed by atoms with van der Waals surface area (Å²) in [6.07, 6.45) is -4.40. The van der Waals surface area contributed by atoms with Crippen molar-refractivity contribution in [3.05, 3.63) is 89.3 Å². The standard InChI is InChI=1S/C25H15F7N6/c1-13-16(3-2-4-19(13)26)23-36-20-10-35-38(12-21(20)37-23)11-14-8-33-22(34-9-14)17-6-5-15(24(27,28)29)7-18(17)25(30,31)32/h2-10,12H,11H2,1H3. The molecule has 2 aromatic carbocycles. The summed E-state index contributed by atoms with van der Waals surface area (Å²) in [6.45, 7) is 1.74. The number of benzene rings is 2. The second-order valence-electron chi connectivity index (χ2n) is 8.37. The highest BCUT2D eigenvalue weighted by molar-refractivity contribution is 5.67. The Labute approximate surface area is 210 Å². The molecule has 0 unspecified atom stereocenters. The summed E-state index contributed by atoms with van der Waals surface area (Å²) in [4.78, 5) is 16.7. The van der Waals surface area contributed by atoms with E-state index in [9.17, 15) is 30.7 Å². The summed E-state index contributed by atoms with van der Waals surface area (Å²) in [5, 5.41) is 4.24. The smallest absolute Gasteiger partial charge is 0.266 e. The van der Waals surface area contributed by atoms with E-state index in [2.05, 4.69) is 25.0 Å². The molecule has 194 valence electrons. The van der Waals surface area contributed by atoms with Crippen LogP contribution in [-0.2, 0) is 18.9 Å². The minimum absolute atomic E-state index is 0.0437. The van der Waals surface area contributed by atoms with Crippen LogP contribution >= 0.6 is 0 Å². The van der Waals surface area contributed by atoms with Crippen molar-refractivity contribution in [2.24, 2.45) is 0 Å². The molecule has 5 rings (SSSR count). The first-order valence-corrected chi connectivity index (χ1v) is 11.0. The van der Waals surface area contributed by atoms with Crippen molar-refractivity contribution in [2.45, 2.75) is 25.8 Å². The lowest BCUT2D eigenvalue weighted by Crippen LogP contribution is -2.13. The highest BCUT2D eigenvalue weighted by atomic mass is 19.4. The molecule has 13 heteroatoms. The van der Waals surface area contributed by atoms with Crippen LogP contribution in [0.5, 0.6) is 0 Å². The fraction of sp³-hybridized carbons (Fsp3) is 0.160. The summed E-state index contributed by atoms with van der Waals surface area (Å²) in [7, 11) is 0. The summed E-state index contributed by atoms with van der Waals surface area (Å²) < 4.78 is 94.7. The fourth-order valence-corrected chi connectivity index (χ4v) is 3.83. The molecule has 0 saturated heterocycles. The molecule has 0 radical (unpaired) electrons. The van der Waals surface area contributed by atoms with Gasteiger partial charge in [0.2, 0.25) is 0 Å². The Morgan fingerprint density at radius 2 is 1.50 bits per heavy atom. The van der Waals surface area contributed by atoms with Crippen LogP contribution in [0.15, 0.2) is 61.2 Å². The number of hydrogen-bond acceptors (Lipinski definition) is 5. The lowest BCUT2D eigenvalue weighted by Gasteiger charge is -2.15. The van der Waals surface area contributed by atoms with E-state index in [1.807, 2.05) is 0 Å². The minimum atomic E-state index is -5.04. The van der Waals surface area contributed by atoms with Crippen LogP contribution < -0.4 is 0 Å². The quantitative estimate of drug-likeness (QED) is 0.250. The Balaban J connectivity index is 1.41. The average molecular weight is 532 g/mol. The zero-order valence-corrected chi connectivity index (χ0v) is 19.3. The van der Waals surface area contributed by atoms with Crippen molar-refractivity contribution >= 4 is 0 Å². The van der Waals surface area contributed by atoms with Gasteiger partial charge in [0.1, 0.15) is 17.2 Å². The molecular formula is C25H15F7N6. The number of imidazole rings is 1. The largest absolute Gasteiger partial charge is 0.417 e. The minimum Gasteiger partial charge on any atom is -0.266 e. The predicted octanol–water partition coefficient (Wildman–Crippen LogP) is 6.44. The van der Waals surface area contributed by atoms with E-state index in [-0.39, 0.29) is 24.3 Å². The van der Waals surface area contributed by atoms with Crippen LogP contribution in [0.25, 0.3) is 34.2 Å². The van der Waals surface area contributed by atoms with Crippen LogP contribution in [0, 0.1) is 12.7 Å². The first kappa shape index (κ1) is 25.2. The van der Waals surface area contributed by atoms with Crippen molar-refractivity contribution in [3.63, 3.8) is 0 Å². The number of nitrogens with zero attached hydrogens (tertiary/aromatic N) is 6. The van der Waals surface area contributed by atoms with E-state index < -0.39 is 29.0 Å².